The van der Waals surface area contributed by atoms with Gasteiger partial charge in [-0.15, -0.1) is 0 Å². The lowest BCUT2D eigenvalue weighted by molar-refractivity contribution is -0.119. The maximum absolute atomic E-state index is 11.5. The van der Waals surface area contributed by atoms with Crippen molar-refractivity contribution < 1.29 is 4.79 Å². The minimum absolute atomic E-state index is 0.0230. The second kappa shape index (κ2) is 6.75. The molecule has 3 heteroatoms. The predicted octanol–water partition coefficient (Wildman–Crippen LogP) is 2.90. The van der Waals surface area contributed by atoms with Gasteiger partial charge < -0.3 is 10.6 Å². The number of hydrogen-bond donors (Lipinski definition) is 2. The largest absolute Gasteiger partial charge is 0.381 e. The summed E-state index contributed by atoms with van der Waals surface area (Å²) in [6.45, 7) is 2.84. The highest BCUT2D eigenvalue weighted by atomic mass is 16.1. The van der Waals surface area contributed by atoms with Gasteiger partial charge in [-0.05, 0) is 24.1 Å². The summed E-state index contributed by atoms with van der Waals surface area (Å²) in [5.41, 5.74) is 4.51. The summed E-state index contributed by atoms with van der Waals surface area (Å²) < 4.78 is 0. The van der Waals surface area contributed by atoms with Gasteiger partial charge in [0.1, 0.15) is 0 Å². The number of likely N-dealkylation sites (N-methyl/N-ethyl adjacent to an activating group) is 1. The van der Waals surface area contributed by atoms with Gasteiger partial charge in [-0.3, -0.25) is 4.79 Å². The zero-order valence-electron chi connectivity index (χ0n) is 11.9. The lowest BCUT2D eigenvalue weighted by Crippen LogP contribution is -2.20. The molecule has 2 aromatic rings. The van der Waals surface area contributed by atoms with Gasteiger partial charge >= 0.3 is 0 Å². The average Bonchev–Trinajstić information content (AvgIpc) is 2.46. The Bertz CT molecular complexity index is 593. The molecule has 0 aromatic heterocycles. The molecule has 0 unspecified atom stereocenters. The van der Waals surface area contributed by atoms with Gasteiger partial charge in [-0.1, -0.05) is 48.0 Å². The molecule has 0 aliphatic rings. The van der Waals surface area contributed by atoms with Crippen molar-refractivity contribution in [2.45, 2.75) is 19.9 Å². The Hall–Kier alpha value is -2.29. The fourth-order valence-electron chi connectivity index (χ4n) is 2.13. The lowest BCUT2D eigenvalue weighted by Gasteiger charge is -2.12. The van der Waals surface area contributed by atoms with Crippen LogP contribution in [-0.4, -0.2) is 13.0 Å². The maximum atomic E-state index is 11.5. The predicted molar refractivity (Wildman–Crippen MR) is 82.7 cm³/mol. The highest BCUT2D eigenvalue weighted by Gasteiger charge is 2.06. The monoisotopic (exact) mass is 268 g/mol. The highest BCUT2D eigenvalue weighted by molar-refractivity contribution is 5.80. The molecule has 3 nitrogen and oxygen atoms in total. The molecule has 0 fully saturated rings. The van der Waals surface area contributed by atoms with Crippen LogP contribution in [0.5, 0.6) is 0 Å². The van der Waals surface area contributed by atoms with Crippen LogP contribution in [0, 0.1) is 6.92 Å². The molecular formula is C17H20N2O. The first-order valence-electron chi connectivity index (χ1n) is 6.77. The first kappa shape index (κ1) is 14.1. The van der Waals surface area contributed by atoms with Crippen LogP contribution in [0.2, 0.25) is 0 Å². The molecule has 2 N–H and O–H groups in total. The molecule has 1 amide bonds. The van der Waals surface area contributed by atoms with E-state index in [1.807, 2.05) is 24.3 Å². The molecule has 0 spiro atoms. The van der Waals surface area contributed by atoms with Gasteiger partial charge in [0, 0.05) is 19.3 Å². The Morgan fingerprint density at radius 3 is 2.65 bits per heavy atom. The summed E-state index contributed by atoms with van der Waals surface area (Å²) in [6, 6.07) is 16.3. The average molecular weight is 268 g/mol. The number of carbonyl (C=O) groups is 1. The van der Waals surface area contributed by atoms with Crippen LogP contribution in [0.25, 0.3) is 0 Å². The second-order valence-electron chi connectivity index (χ2n) is 4.85. The molecule has 0 saturated carbocycles. The minimum atomic E-state index is 0.0230. The van der Waals surface area contributed by atoms with Crippen molar-refractivity contribution >= 4 is 11.6 Å². The minimum Gasteiger partial charge on any atom is -0.381 e. The van der Waals surface area contributed by atoms with E-state index >= 15 is 0 Å². The van der Waals surface area contributed by atoms with Crippen molar-refractivity contribution in [1.82, 2.24) is 5.32 Å². The van der Waals surface area contributed by atoms with E-state index in [0.717, 1.165) is 17.8 Å². The third-order valence-corrected chi connectivity index (χ3v) is 3.21. The maximum Gasteiger partial charge on any atom is 0.224 e. The van der Waals surface area contributed by atoms with E-state index < -0.39 is 0 Å². The first-order chi connectivity index (χ1) is 9.69. The molecule has 0 radical (unpaired) electrons. The molecule has 0 bridgehead atoms. The summed E-state index contributed by atoms with van der Waals surface area (Å²) in [6.07, 6.45) is 0.396. The molecule has 0 aliphatic heterocycles. The fraction of sp³-hybridized carbons (Fsp3) is 0.235. The Kier molecular flexibility index (Phi) is 4.77. The first-order valence-corrected chi connectivity index (χ1v) is 6.77. The number of hydrogen-bond acceptors (Lipinski definition) is 2. The van der Waals surface area contributed by atoms with Crippen molar-refractivity contribution in [3.63, 3.8) is 0 Å². The van der Waals surface area contributed by atoms with Gasteiger partial charge in [0.25, 0.3) is 0 Å². The number of nitrogens with one attached hydrogen (secondary N) is 2. The number of carbonyl (C=O) groups excluding carboxylic acids is 1. The van der Waals surface area contributed by atoms with Crippen LogP contribution >= 0.6 is 0 Å². The van der Waals surface area contributed by atoms with E-state index in [9.17, 15) is 4.79 Å². The van der Waals surface area contributed by atoms with E-state index in [-0.39, 0.29) is 5.91 Å². The summed E-state index contributed by atoms with van der Waals surface area (Å²) in [7, 11) is 1.66. The summed E-state index contributed by atoms with van der Waals surface area (Å²) >= 11 is 0. The molecule has 0 saturated heterocycles. The van der Waals surface area contributed by atoms with Crippen molar-refractivity contribution in [2.75, 3.05) is 12.4 Å². The molecule has 20 heavy (non-hydrogen) atoms. The molecule has 0 heterocycles. The third kappa shape index (κ3) is 3.85. The third-order valence-electron chi connectivity index (χ3n) is 3.21. The molecule has 2 aromatic carbocycles. The normalized spacial score (nSPS) is 10.1. The Morgan fingerprint density at radius 1 is 1.10 bits per heavy atom. The van der Waals surface area contributed by atoms with Crippen LogP contribution in [0.4, 0.5) is 5.69 Å². The highest BCUT2D eigenvalue weighted by Crippen LogP contribution is 2.17. The van der Waals surface area contributed by atoms with Gasteiger partial charge in [-0.25, -0.2) is 0 Å². The van der Waals surface area contributed by atoms with E-state index in [1.165, 1.54) is 11.1 Å². The van der Waals surface area contributed by atoms with Crippen LogP contribution < -0.4 is 10.6 Å². The number of para-hydroxylation sites is 1. The number of aryl methyl sites for hydroxylation is 1. The fourth-order valence-corrected chi connectivity index (χ4v) is 2.13. The SMILES string of the molecule is CNC(=O)Cc1ccccc1NCc1cccc(C)c1. The topological polar surface area (TPSA) is 41.1 Å². The summed E-state index contributed by atoms with van der Waals surface area (Å²) in [5.74, 6) is 0.0230. The van der Waals surface area contributed by atoms with Crippen LogP contribution in [0.3, 0.4) is 0 Å². The zero-order valence-corrected chi connectivity index (χ0v) is 11.9. The zero-order chi connectivity index (χ0) is 14.4. The van der Waals surface area contributed by atoms with Crippen LogP contribution in [0.15, 0.2) is 48.5 Å². The molecular weight excluding hydrogens is 248 g/mol. The Labute approximate surface area is 120 Å². The number of anilines is 1. The smallest absolute Gasteiger partial charge is 0.224 e. The van der Waals surface area contributed by atoms with Crippen molar-refractivity contribution in [3.8, 4) is 0 Å². The number of amides is 1. The second-order valence-corrected chi connectivity index (χ2v) is 4.85. The van der Waals surface area contributed by atoms with E-state index in [4.69, 9.17) is 0 Å². The van der Waals surface area contributed by atoms with Crippen LogP contribution in [0.1, 0.15) is 16.7 Å². The summed E-state index contributed by atoms with van der Waals surface area (Å²) in [4.78, 5) is 11.5. The Morgan fingerprint density at radius 2 is 1.90 bits per heavy atom. The lowest BCUT2D eigenvalue weighted by atomic mass is 10.1. The van der Waals surface area contributed by atoms with Crippen molar-refractivity contribution in [2.24, 2.45) is 0 Å². The van der Waals surface area contributed by atoms with Gasteiger partial charge in [0.2, 0.25) is 5.91 Å². The molecule has 0 atom stereocenters. The van der Waals surface area contributed by atoms with E-state index in [2.05, 4.69) is 41.8 Å². The van der Waals surface area contributed by atoms with Crippen molar-refractivity contribution in [1.29, 1.82) is 0 Å². The van der Waals surface area contributed by atoms with Gasteiger partial charge in [-0.2, -0.15) is 0 Å². The summed E-state index contributed by atoms with van der Waals surface area (Å²) in [5, 5.41) is 6.06. The Balaban J connectivity index is 2.07. The van der Waals surface area contributed by atoms with E-state index in [1.54, 1.807) is 7.05 Å². The van der Waals surface area contributed by atoms with E-state index in [0.29, 0.717) is 6.42 Å². The van der Waals surface area contributed by atoms with Crippen LogP contribution in [-0.2, 0) is 17.8 Å². The van der Waals surface area contributed by atoms with Gasteiger partial charge in [0.15, 0.2) is 0 Å². The standard InChI is InChI=1S/C17H20N2O/c1-13-6-5-7-14(10-13)12-19-16-9-4-3-8-15(16)11-17(20)18-2/h3-10,19H,11-12H2,1-2H3,(H,18,20). The van der Waals surface area contributed by atoms with Gasteiger partial charge in [0.05, 0.1) is 6.42 Å². The molecule has 104 valence electrons. The number of rotatable bonds is 5. The van der Waals surface area contributed by atoms with Crippen molar-refractivity contribution in [3.05, 3.63) is 65.2 Å². The number of benzene rings is 2. The molecule has 2 rings (SSSR count). The quantitative estimate of drug-likeness (QED) is 0.875. The molecule has 0 aliphatic carbocycles.